The summed E-state index contributed by atoms with van der Waals surface area (Å²) in [6.07, 6.45) is 9.97. The summed E-state index contributed by atoms with van der Waals surface area (Å²) in [5.74, 6) is -0.566. The fourth-order valence-electron chi connectivity index (χ4n) is 2.02. The van der Waals surface area contributed by atoms with E-state index in [9.17, 15) is 14.4 Å². The Hall–Kier alpha value is -2.37. The van der Waals surface area contributed by atoms with Crippen LogP contribution in [0.5, 0.6) is 0 Å². The van der Waals surface area contributed by atoms with E-state index in [0.29, 0.717) is 18.9 Å². The summed E-state index contributed by atoms with van der Waals surface area (Å²) in [6, 6.07) is 0. The lowest BCUT2D eigenvalue weighted by atomic mass is 10.0. The van der Waals surface area contributed by atoms with Crippen molar-refractivity contribution < 1.29 is 24.2 Å². The van der Waals surface area contributed by atoms with E-state index < -0.39 is 5.97 Å². The number of aliphatic carboxylic acids is 1. The average molecular weight is 367 g/mol. The molecule has 1 fully saturated rings. The van der Waals surface area contributed by atoms with Crippen LogP contribution in [0.3, 0.4) is 0 Å². The third-order valence-corrected chi connectivity index (χ3v) is 3.68. The summed E-state index contributed by atoms with van der Waals surface area (Å²) in [5.41, 5.74) is 0. The number of unbranched alkanes of at least 4 members (excludes halogenated alkanes) is 1. The number of likely N-dealkylation sites (tertiary alicyclic amines) is 1. The molecule has 1 amide bonds. The van der Waals surface area contributed by atoms with E-state index in [1.807, 2.05) is 0 Å². The molecule has 0 spiro atoms. The third kappa shape index (κ3) is 15.2. The maximum Gasteiger partial charge on any atom is 0.330 e. The minimum Gasteiger partial charge on any atom is -0.478 e. The lowest BCUT2D eigenvalue weighted by Gasteiger charge is -2.13. The van der Waals surface area contributed by atoms with Crippen LogP contribution in [0.1, 0.15) is 52.4 Å². The second-order valence-corrected chi connectivity index (χ2v) is 5.67. The van der Waals surface area contributed by atoms with Crippen LogP contribution in [0.15, 0.2) is 38.1 Å². The van der Waals surface area contributed by atoms with Gasteiger partial charge in [-0.05, 0) is 25.0 Å². The number of carboxylic acids is 1. The van der Waals surface area contributed by atoms with E-state index in [1.54, 1.807) is 11.1 Å². The quantitative estimate of drug-likeness (QED) is 0.493. The molecule has 6 heteroatoms. The van der Waals surface area contributed by atoms with Crippen molar-refractivity contribution >= 4 is 17.8 Å². The number of rotatable bonds is 9. The molecular formula is C20H33NO5. The van der Waals surface area contributed by atoms with E-state index in [0.717, 1.165) is 31.9 Å². The maximum atomic E-state index is 10.8. The first-order valence-electron chi connectivity index (χ1n) is 8.92. The van der Waals surface area contributed by atoms with Crippen LogP contribution in [0.2, 0.25) is 0 Å². The van der Waals surface area contributed by atoms with Gasteiger partial charge in [-0.2, -0.15) is 0 Å². The van der Waals surface area contributed by atoms with Crippen LogP contribution in [-0.2, 0) is 19.1 Å². The van der Waals surface area contributed by atoms with Crippen molar-refractivity contribution in [2.45, 2.75) is 52.4 Å². The fraction of sp³-hybridized carbons (Fsp3) is 0.550. The molecule has 1 rings (SSSR count). The fourth-order valence-corrected chi connectivity index (χ4v) is 2.02. The van der Waals surface area contributed by atoms with Crippen molar-refractivity contribution in [2.75, 3.05) is 13.2 Å². The number of carboxylic acid groups (broad SMARTS) is 1. The number of hydrogen-bond acceptors (Lipinski definition) is 4. The Kier molecular flexibility index (Phi) is 17.4. The number of amides is 1. The van der Waals surface area contributed by atoms with E-state index >= 15 is 0 Å². The second kappa shape index (κ2) is 17.5. The number of ether oxygens (including phenoxy) is 1. The van der Waals surface area contributed by atoms with Gasteiger partial charge in [-0.3, -0.25) is 4.79 Å². The molecule has 1 heterocycles. The van der Waals surface area contributed by atoms with Crippen LogP contribution < -0.4 is 0 Å². The predicted molar refractivity (Wildman–Crippen MR) is 103 cm³/mol. The van der Waals surface area contributed by atoms with Gasteiger partial charge < -0.3 is 14.7 Å². The van der Waals surface area contributed by atoms with Gasteiger partial charge in [0, 0.05) is 25.1 Å². The maximum absolute atomic E-state index is 10.8. The summed E-state index contributed by atoms with van der Waals surface area (Å²) in [6.45, 7) is 15.5. The molecule has 1 N–H and O–H groups in total. The van der Waals surface area contributed by atoms with E-state index in [2.05, 4.69) is 33.6 Å². The number of carbonyl (C=O) groups is 3. The molecule has 148 valence electrons. The largest absolute Gasteiger partial charge is 0.478 e. The molecule has 6 nitrogen and oxygen atoms in total. The van der Waals surface area contributed by atoms with Crippen molar-refractivity contribution in [3.63, 3.8) is 0 Å². The van der Waals surface area contributed by atoms with Gasteiger partial charge in [0.1, 0.15) is 0 Å². The number of carbonyl (C=O) groups excluding carboxylic acids is 2. The smallest absolute Gasteiger partial charge is 0.330 e. The van der Waals surface area contributed by atoms with Crippen molar-refractivity contribution in [3.8, 4) is 0 Å². The Morgan fingerprint density at radius 3 is 2.19 bits per heavy atom. The van der Waals surface area contributed by atoms with Crippen LogP contribution in [0, 0.1) is 5.92 Å². The van der Waals surface area contributed by atoms with Gasteiger partial charge in [-0.1, -0.05) is 52.8 Å². The number of nitrogens with zero attached hydrogens (tertiary/aromatic N) is 1. The third-order valence-electron chi connectivity index (χ3n) is 3.68. The highest BCUT2D eigenvalue weighted by atomic mass is 16.5. The molecule has 0 radical (unpaired) electrons. The standard InChI is InChI=1S/C11H20O2.C6H9NO.C3H4O2/c1-4-7-8-10(5-2)9-13-11(12)6-3;1-2-7-5-3-4-6(7)8;1-2-3(4)5/h6,10H,3-5,7-9H2,1-2H3;2H,1,3-5H2;2H,1H2,(H,4,5). The van der Waals surface area contributed by atoms with E-state index in [1.165, 1.54) is 18.9 Å². The van der Waals surface area contributed by atoms with Crippen LogP contribution in [-0.4, -0.2) is 41.0 Å². The zero-order valence-corrected chi connectivity index (χ0v) is 16.1. The highest BCUT2D eigenvalue weighted by molar-refractivity contribution is 5.81. The summed E-state index contributed by atoms with van der Waals surface area (Å²) >= 11 is 0. The van der Waals surface area contributed by atoms with Gasteiger partial charge in [0.25, 0.3) is 0 Å². The van der Waals surface area contributed by atoms with Gasteiger partial charge in [0.2, 0.25) is 5.91 Å². The summed E-state index contributed by atoms with van der Waals surface area (Å²) in [7, 11) is 0. The Balaban J connectivity index is 0. The Bertz CT molecular complexity index is 459. The molecule has 0 aromatic heterocycles. The van der Waals surface area contributed by atoms with E-state index in [4.69, 9.17) is 9.84 Å². The van der Waals surface area contributed by atoms with E-state index in [-0.39, 0.29) is 11.9 Å². The zero-order chi connectivity index (χ0) is 20.4. The van der Waals surface area contributed by atoms with Gasteiger partial charge in [0.05, 0.1) is 6.61 Å². The molecule has 1 saturated heterocycles. The molecule has 1 aliphatic heterocycles. The minimum absolute atomic E-state index is 0.208. The molecule has 0 aromatic carbocycles. The highest BCUT2D eigenvalue weighted by Crippen LogP contribution is 2.12. The monoisotopic (exact) mass is 367 g/mol. The SMILES string of the molecule is C=CC(=O)O.C=CC(=O)OCC(CC)CCCC.C=CN1CCCC1=O. The topological polar surface area (TPSA) is 83.9 Å². The summed E-state index contributed by atoms with van der Waals surface area (Å²) in [5, 5.41) is 7.60. The summed E-state index contributed by atoms with van der Waals surface area (Å²) in [4.78, 5) is 32.3. The van der Waals surface area contributed by atoms with Crippen molar-refractivity contribution in [1.82, 2.24) is 4.90 Å². The minimum atomic E-state index is -0.981. The van der Waals surface area contributed by atoms with Gasteiger partial charge in [-0.15, -0.1) is 0 Å². The van der Waals surface area contributed by atoms with Crippen LogP contribution >= 0.6 is 0 Å². The first kappa shape index (κ1) is 25.9. The first-order valence-corrected chi connectivity index (χ1v) is 8.92. The van der Waals surface area contributed by atoms with Crippen molar-refractivity contribution in [2.24, 2.45) is 5.92 Å². The van der Waals surface area contributed by atoms with Gasteiger partial charge in [0.15, 0.2) is 0 Å². The molecule has 0 aliphatic carbocycles. The van der Waals surface area contributed by atoms with Crippen molar-refractivity contribution in [3.05, 3.63) is 38.1 Å². The zero-order valence-electron chi connectivity index (χ0n) is 16.1. The molecule has 1 unspecified atom stereocenters. The van der Waals surface area contributed by atoms with Crippen LogP contribution in [0.25, 0.3) is 0 Å². The van der Waals surface area contributed by atoms with Gasteiger partial charge >= 0.3 is 11.9 Å². The van der Waals surface area contributed by atoms with Gasteiger partial charge in [-0.25, -0.2) is 9.59 Å². The Morgan fingerprint density at radius 1 is 1.27 bits per heavy atom. The molecule has 26 heavy (non-hydrogen) atoms. The molecule has 1 aliphatic rings. The highest BCUT2D eigenvalue weighted by Gasteiger charge is 2.16. The molecule has 1 atom stereocenters. The number of esters is 1. The predicted octanol–water partition coefficient (Wildman–Crippen LogP) is 3.94. The Labute approximate surface area is 157 Å². The lowest BCUT2D eigenvalue weighted by Crippen LogP contribution is -2.16. The summed E-state index contributed by atoms with van der Waals surface area (Å²) < 4.78 is 4.98. The molecule has 0 saturated carbocycles. The lowest BCUT2D eigenvalue weighted by molar-refractivity contribution is -0.139. The first-order chi connectivity index (χ1) is 12.4. The Morgan fingerprint density at radius 2 is 1.88 bits per heavy atom. The van der Waals surface area contributed by atoms with Crippen molar-refractivity contribution in [1.29, 1.82) is 0 Å². The average Bonchev–Trinajstić information content (AvgIpc) is 3.07. The second-order valence-electron chi connectivity index (χ2n) is 5.67. The molecule has 0 bridgehead atoms. The number of hydrogen-bond donors (Lipinski definition) is 1. The normalized spacial score (nSPS) is 13.3. The molecule has 0 aromatic rings. The van der Waals surface area contributed by atoms with Crippen LogP contribution in [0.4, 0.5) is 0 Å². The molecular weight excluding hydrogens is 334 g/mol.